The molecule has 0 unspecified atom stereocenters. The highest BCUT2D eigenvalue weighted by Crippen LogP contribution is 2.24. The maximum atomic E-state index is 6.16. The van der Waals surface area contributed by atoms with Crippen molar-refractivity contribution in [2.45, 2.75) is 20.1 Å². The molecule has 0 atom stereocenters. The van der Waals surface area contributed by atoms with E-state index >= 15 is 0 Å². The lowest BCUT2D eigenvalue weighted by Crippen LogP contribution is -2.21. The van der Waals surface area contributed by atoms with E-state index in [1.165, 1.54) is 5.56 Å². The Morgan fingerprint density at radius 1 is 1.00 bits per heavy atom. The van der Waals surface area contributed by atoms with Crippen LogP contribution < -0.4 is 14.8 Å². The molecular formula is C22H23ClN2O2. The maximum Gasteiger partial charge on any atom is 0.213 e. The second-order valence-corrected chi connectivity index (χ2v) is 6.66. The van der Waals surface area contributed by atoms with Crippen molar-refractivity contribution in [1.29, 1.82) is 0 Å². The van der Waals surface area contributed by atoms with Gasteiger partial charge in [0.1, 0.15) is 19.0 Å². The van der Waals surface area contributed by atoms with Crippen LogP contribution in [0.4, 0.5) is 0 Å². The van der Waals surface area contributed by atoms with E-state index in [1.54, 1.807) is 6.20 Å². The molecule has 2 aromatic carbocycles. The van der Waals surface area contributed by atoms with Crippen molar-refractivity contribution in [3.63, 3.8) is 0 Å². The van der Waals surface area contributed by atoms with Crippen LogP contribution >= 0.6 is 11.6 Å². The van der Waals surface area contributed by atoms with E-state index in [9.17, 15) is 0 Å². The predicted octanol–water partition coefficient (Wildman–Crippen LogP) is 4.79. The maximum absolute atomic E-state index is 6.16. The second-order valence-electron chi connectivity index (χ2n) is 6.22. The lowest BCUT2D eigenvalue weighted by atomic mass is 10.1. The summed E-state index contributed by atoms with van der Waals surface area (Å²) in [5.41, 5.74) is 3.39. The third kappa shape index (κ3) is 6.27. The molecule has 0 amide bonds. The van der Waals surface area contributed by atoms with Gasteiger partial charge in [-0.25, -0.2) is 4.98 Å². The van der Waals surface area contributed by atoms with Crippen molar-refractivity contribution in [1.82, 2.24) is 10.3 Å². The number of hydrogen-bond acceptors (Lipinski definition) is 4. The van der Waals surface area contributed by atoms with E-state index in [0.29, 0.717) is 37.2 Å². The highest BCUT2D eigenvalue weighted by molar-refractivity contribution is 6.30. The lowest BCUT2D eigenvalue weighted by Gasteiger charge is -2.13. The van der Waals surface area contributed by atoms with Gasteiger partial charge in [0.05, 0.1) is 0 Å². The number of hydrogen-bond donors (Lipinski definition) is 1. The van der Waals surface area contributed by atoms with Crippen LogP contribution in [0, 0.1) is 6.92 Å². The van der Waals surface area contributed by atoms with E-state index in [-0.39, 0.29) is 0 Å². The summed E-state index contributed by atoms with van der Waals surface area (Å²) in [6.07, 6.45) is 1.71. The summed E-state index contributed by atoms with van der Waals surface area (Å²) < 4.78 is 11.6. The van der Waals surface area contributed by atoms with Gasteiger partial charge >= 0.3 is 0 Å². The van der Waals surface area contributed by atoms with Gasteiger partial charge in [-0.05, 0) is 36.8 Å². The molecule has 3 rings (SSSR count). The van der Waals surface area contributed by atoms with Crippen LogP contribution in [0.3, 0.4) is 0 Å². The van der Waals surface area contributed by atoms with Crippen LogP contribution in [0.25, 0.3) is 0 Å². The molecule has 1 heterocycles. The molecule has 3 aromatic rings. The number of halogens is 1. The highest BCUT2D eigenvalue weighted by atomic mass is 35.5. The van der Waals surface area contributed by atoms with E-state index in [4.69, 9.17) is 21.1 Å². The minimum Gasteiger partial charge on any atom is -0.489 e. The van der Waals surface area contributed by atoms with Crippen LogP contribution in [-0.4, -0.2) is 18.1 Å². The van der Waals surface area contributed by atoms with Crippen LogP contribution in [0.2, 0.25) is 5.02 Å². The second kappa shape index (κ2) is 9.95. The summed E-state index contributed by atoms with van der Waals surface area (Å²) in [7, 11) is 0. The van der Waals surface area contributed by atoms with Gasteiger partial charge in [0.2, 0.25) is 5.88 Å². The summed E-state index contributed by atoms with van der Waals surface area (Å²) >= 11 is 6.16. The molecule has 0 saturated carbocycles. The van der Waals surface area contributed by atoms with Crippen LogP contribution in [-0.2, 0) is 13.2 Å². The zero-order valence-corrected chi connectivity index (χ0v) is 16.1. The molecule has 0 fully saturated rings. The molecule has 140 valence electrons. The summed E-state index contributed by atoms with van der Waals surface area (Å²) in [4.78, 5) is 4.13. The van der Waals surface area contributed by atoms with Gasteiger partial charge in [-0.3, -0.25) is 0 Å². The number of nitrogens with one attached hydrogen (secondary N) is 1. The number of aryl methyl sites for hydroxylation is 1. The normalized spacial score (nSPS) is 10.6. The average Bonchev–Trinajstić information content (AvgIpc) is 2.68. The fraction of sp³-hybridized carbons (Fsp3) is 0.227. The van der Waals surface area contributed by atoms with E-state index in [1.807, 2.05) is 42.5 Å². The Balaban J connectivity index is 1.51. The zero-order valence-electron chi connectivity index (χ0n) is 15.3. The Hall–Kier alpha value is -2.56. The quantitative estimate of drug-likeness (QED) is 0.540. The third-order valence-corrected chi connectivity index (χ3v) is 4.22. The minimum atomic E-state index is 0.527. The van der Waals surface area contributed by atoms with E-state index < -0.39 is 0 Å². The van der Waals surface area contributed by atoms with Gasteiger partial charge < -0.3 is 14.8 Å². The third-order valence-electron chi connectivity index (χ3n) is 3.98. The molecule has 0 spiro atoms. The molecular weight excluding hydrogens is 360 g/mol. The SMILES string of the molecule is Cc1cccc(COc2ccc(Cl)cc2CNCCOc2ccccn2)c1. The van der Waals surface area contributed by atoms with Crippen molar-refractivity contribution in [3.8, 4) is 11.6 Å². The summed E-state index contributed by atoms with van der Waals surface area (Å²) in [5.74, 6) is 1.46. The Morgan fingerprint density at radius 2 is 1.93 bits per heavy atom. The highest BCUT2D eigenvalue weighted by Gasteiger charge is 2.06. The fourth-order valence-corrected chi connectivity index (χ4v) is 2.87. The Bertz CT molecular complexity index is 856. The first kappa shape index (κ1) is 19.2. The molecule has 4 nitrogen and oxygen atoms in total. The smallest absolute Gasteiger partial charge is 0.213 e. The molecule has 0 bridgehead atoms. The zero-order chi connectivity index (χ0) is 18.9. The first-order valence-corrected chi connectivity index (χ1v) is 9.30. The predicted molar refractivity (Wildman–Crippen MR) is 108 cm³/mol. The Labute approximate surface area is 165 Å². The van der Waals surface area contributed by atoms with Gasteiger partial charge in [-0.15, -0.1) is 0 Å². The first-order valence-electron chi connectivity index (χ1n) is 8.92. The van der Waals surface area contributed by atoms with Crippen LogP contribution in [0.1, 0.15) is 16.7 Å². The molecule has 5 heteroatoms. The van der Waals surface area contributed by atoms with Crippen molar-refractivity contribution < 1.29 is 9.47 Å². The summed E-state index contributed by atoms with van der Waals surface area (Å²) in [5, 5.41) is 4.05. The number of ether oxygens (including phenoxy) is 2. The van der Waals surface area contributed by atoms with Crippen molar-refractivity contribution in [2.75, 3.05) is 13.2 Å². The molecule has 1 N–H and O–H groups in total. The van der Waals surface area contributed by atoms with Crippen molar-refractivity contribution >= 4 is 11.6 Å². The number of pyridine rings is 1. The van der Waals surface area contributed by atoms with Crippen LogP contribution in [0.5, 0.6) is 11.6 Å². The topological polar surface area (TPSA) is 43.4 Å². The molecule has 0 aliphatic carbocycles. The molecule has 0 aliphatic rings. The van der Waals surface area contributed by atoms with Crippen molar-refractivity contribution in [3.05, 3.63) is 88.6 Å². The molecule has 0 aliphatic heterocycles. The monoisotopic (exact) mass is 382 g/mol. The Kier molecular flexibility index (Phi) is 7.08. The lowest BCUT2D eigenvalue weighted by molar-refractivity contribution is 0.295. The number of rotatable bonds is 9. The molecule has 0 radical (unpaired) electrons. The molecule has 27 heavy (non-hydrogen) atoms. The summed E-state index contributed by atoms with van der Waals surface area (Å²) in [6, 6.07) is 19.6. The largest absolute Gasteiger partial charge is 0.489 e. The number of benzene rings is 2. The number of aromatic nitrogens is 1. The van der Waals surface area contributed by atoms with Gasteiger partial charge in [0, 0.05) is 35.9 Å². The standard InChI is InChI=1S/C22H23ClN2O2/c1-17-5-4-6-18(13-17)16-27-21-9-8-20(23)14-19(21)15-24-11-12-26-22-7-2-3-10-25-22/h2-10,13-14,24H,11-12,15-16H2,1H3. The van der Waals surface area contributed by atoms with E-state index in [2.05, 4.69) is 35.4 Å². The molecule has 0 saturated heterocycles. The van der Waals surface area contributed by atoms with Gasteiger partial charge in [-0.2, -0.15) is 0 Å². The van der Waals surface area contributed by atoms with Crippen LogP contribution in [0.15, 0.2) is 66.9 Å². The fourth-order valence-electron chi connectivity index (χ4n) is 2.67. The van der Waals surface area contributed by atoms with Gasteiger partial charge in [0.25, 0.3) is 0 Å². The van der Waals surface area contributed by atoms with Gasteiger partial charge in [0.15, 0.2) is 0 Å². The van der Waals surface area contributed by atoms with Crippen molar-refractivity contribution in [2.24, 2.45) is 0 Å². The van der Waals surface area contributed by atoms with E-state index in [0.717, 1.165) is 16.9 Å². The molecule has 1 aromatic heterocycles. The minimum absolute atomic E-state index is 0.527. The van der Waals surface area contributed by atoms with Gasteiger partial charge in [-0.1, -0.05) is 47.5 Å². The summed E-state index contributed by atoms with van der Waals surface area (Å²) in [6.45, 7) is 4.49. The average molecular weight is 383 g/mol. The Morgan fingerprint density at radius 3 is 2.74 bits per heavy atom. The first-order chi connectivity index (χ1) is 13.2. The number of nitrogens with zero attached hydrogens (tertiary/aromatic N) is 1.